The lowest BCUT2D eigenvalue weighted by Gasteiger charge is -2.30. The number of rotatable bonds is 3. The van der Waals surface area contributed by atoms with Gasteiger partial charge in [0.15, 0.2) is 11.5 Å². The third kappa shape index (κ3) is 2.54. The number of hydrogen-bond acceptors (Lipinski definition) is 4. The van der Waals surface area contributed by atoms with Crippen molar-refractivity contribution in [2.75, 3.05) is 19.6 Å². The molecule has 1 aromatic rings. The highest BCUT2D eigenvalue weighted by molar-refractivity contribution is 5.95. The summed E-state index contributed by atoms with van der Waals surface area (Å²) in [5, 5.41) is 3.18. The Bertz CT molecular complexity index is 577. The smallest absolute Gasteiger partial charge is 0.251 e. The molecule has 0 radical (unpaired) electrons. The van der Waals surface area contributed by atoms with Gasteiger partial charge in [-0.3, -0.25) is 4.79 Å². The van der Waals surface area contributed by atoms with Crippen LogP contribution in [0.5, 0.6) is 11.5 Å². The van der Waals surface area contributed by atoms with Crippen LogP contribution in [0.4, 0.5) is 0 Å². The monoisotopic (exact) mass is 302 g/mol. The van der Waals surface area contributed by atoms with Gasteiger partial charge in [-0.2, -0.15) is 0 Å². The van der Waals surface area contributed by atoms with Crippen LogP contribution >= 0.6 is 0 Å². The molecule has 3 aliphatic rings. The average molecular weight is 302 g/mol. The Morgan fingerprint density at radius 1 is 1.32 bits per heavy atom. The Balaban J connectivity index is 1.43. The Labute approximate surface area is 130 Å². The summed E-state index contributed by atoms with van der Waals surface area (Å²) in [6, 6.07) is 5.70. The van der Waals surface area contributed by atoms with Gasteiger partial charge in [0.2, 0.25) is 6.29 Å². The molecule has 0 spiro atoms. The van der Waals surface area contributed by atoms with Crippen LogP contribution in [-0.2, 0) is 0 Å². The lowest BCUT2D eigenvalue weighted by atomic mass is 9.96. The first-order valence-corrected chi connectivity index (χ1v) is 8.22. The van der Waals surface area contributed by atoms with Gasteiger partial charge in [0.1, 0.15) is 0 Å². The topological polar surface area (TPSA) is 50.8 Å². The van der Waals surface area contributed by atoms with Crippen LogP contribution in [0, 0.1) is 5.92 Å². The molecule has 1 aromatic carbocycles. The molecule has 22 heavy (non-hydrogen) atoms. The van der Waals surface area contributed by atoms with Crippen LogP contribution in [0.25, 0.3) is 0 Å². The molecular weight excluding hydrogens is 280 g/mol. The van der Waals surface area contributed by atoms with Gasteiger partial charge in [-0.15, -0.1) is 0 Å². The minimum atomic E-state index is -0.227. The molecule has 1 N–H and O–H groups in total. The van der Waals surface area contributed by atoms with E-state index in [1.807, 2.05) is 19.1 Å². The van der Waals surface area contributed by atoms with E-state index >= 15 is 0 Å². The van der Waals surface area contributed by atoms with E-state index < -0.39 is 0 Å². The van der Waals surface area contributed by atoms with Gasteiger partial charge in [-0.25, -0.2) is 0 Å². The molecule has 4 atom stereocenters. The summed E-state index contributed by atoms with van der Waals surface area (Å²) >= 11 is 0. The molecule has 1 amide bonds. The maximum absolute atomic E-state index is 12.5. The fourth-order valence-electron chi connectivity index (χ4n) is 3.75. The number of amides is 1. The minimum absolute atomic E-state index is 0.0150. The van der Waals surface area contributed by atoms with Crippen LogP contribution < -0.4 is 14.8 Å². The van der Waals surface area contributed by atoms with Crippen LogP contribution in [-0.4, -0.2) is 42.8 Å². The number of nitrogens with one attached hydrogen (secondary N) is 1. The van der Waals surface area contributed by atoms with E-state index in [-0.39, 0.29) is 18.2 Å². The predicted molar refractivity (Wildman–Crippen MR) is 82.2 cm³/mol. The lowest BCUT2D eigenvalue weighted by Crippen LogP contribution is -2.47. The van der Waals surface area contributed by atoms with Crippen LogP contribution in [0.3, 0.4) is 0 Å². The van der Waals surface area contributed by atoms with Gasteiger partial charge in [0, 0.05) is 31.1 Å². The van der Waals surface area contributed by atoms with Gasteiger partial charge < -0.3 is 19.7 Å². The van der Waals surface area contributed by atoms with E-state index in [1.54, 1.807) is 6.07 Å². The standard InChI is InChI=1S/C17H22N2O3/c1-2-16-21-14-4-3-12(8-15(14)22-16)17(20)18-13-7-11-5-6-19(9-11)10-13/h3-4,8,11,13,16H,2,5-7,9-10H2,1H3,(H,18,20)/t11-,13-,16?/m1/s1. The van der Waals surface area contributed by atoms with Crippen molar-refractivity contribution in [3.63, 3.8) is 0 Å². The van der Waals surface area contributed by atoms with Crippen molar-refractivity contribution in [1.29, 1.82) is 0 Å². The first-order valence-electron chi connectivity index (χ1n) is 8.22. The molecule has 4 rings (SSSR count). The number of ether oxygens (including phenoxy) is 2. The Morgan fingerprint density at radius 3 is 3.00 bits per heavy atom. The maximum Gasteiger partial charge on any atom is 0.251 e. The van der Waals surface area contributed by atoms with Gasteiger partial charge >= 0.3 is 0 Å². The molecule has 2 saturated heterocycles. The van der Waals surface area contributed by atoms with Crippen molar-refractivity contribution in [2.24, 2.45) is 5.92 Å². The number of hydrogen-bond donors (Lipinski definition) is 1. The number of piperidine rings is 1. The van der Waals surface area contributed by atoms with E-state index in [4.69, 9.17) is 9.47 Å². The van der Waals surface area contributed by atoms with E-state index in [2.05, 4.69) is 10.2 Å². The minimum Gasteiger partial charge on any atom is -0.451 e. The zero-order chi connectivity index (χ0) is 15.1. The van der Waals surface area contributed by atoms with Crippen LogP contribution in [0.2, 0.25) is 0 Å². The van der Waals surface area contributed by atoms with E-state index in [9.17, 15) is 4.79 Å². The van der Waals surface area contributed by atoms with Crippen molar-refractivity contribution < 1.29 is 14.3 Å². The summed E-state index contributed by atoms with van der Waals surface area (Å²) in [7, 11) is 0. The van der Waals surface area contributed by atoms with Crippen LogP contribution in [0.1, 0.15) is 36.5 Å². The number of carbonyl (C=O) groups is 1. The van der Waals surface area contributed by atoms with Gasteiger partial charge in [0.05, 0.1) is 0 Å². The summed E-state index contributed by atoms with van der Waals surface area (Å²) in [6.07, 6.45) is 2.93. The zero-order valence-electron chi connectivity index (χ0n) is 12.9. The zero-order valence-corrected chi connectivity index (χ0v) is 12.9. The summed E-state index contributed by atoms with van der Waals surface area (Å²) in [6.45, 7) is 5.37. The van der Waals surface area contributed by atoms with Crippen molar-refractivity contribution in [1.82, 2.24) is 10.2 Å². The molecule has 2 unspecified atom stereocenters. The first kappa shape index (κ1) is 13.9. The normalized spacial score (nSPS) is 32.0. The Hall–Kier alpha value is -1.75. The highest BCUT2D eigenvalue weighted by atomic mass is 16.7. The molecule has 3 heterocycles. The first-order chi connectivity index (χ1) is 10.7. The molecule has 0 aromatic heterocycles. The number of fused-ring (bicyclic) bond motifs is 3. The van der Waals surface area contributed by atoms with Gasteiger partial charge in [-0.1, -0.05) is 6.92 Å². The van der Waals surface area contributed by atoms with Gasteiger partial charge in [0.25, 0.3) is 5.91 Å². The summed E-state index contributed by atoms with van der Waals surface area (Å²) in [5.41, 5.74) is 0.645. The molecule has 5 heteroatoms. The van der Waals surface area contributed by atoms with Crippen molar-refractivity contribution in [3.05, 3.63) is 23.8 Å². The molecule has 118 valence electrons. The second kappa shape index (κ2) is 5.47. The van der Waals surface area contributed by atoms with Gasteiger partial charge in [-0.05, 0) is 43.5 Å². The third-order valence-electron chi connectivity index (χ3n) is 4.86. The molecule has 3 aliphatic heterocycles. The molecule has 0 saturated carbocycles. The van der Waals surface area contributed by atoms with Crippen molar-refractivity contribution in [2.45, 2.75) is 38.5 Å². The molecule has 0 aliphatic carbocycles. The number of nitrogens with zero attached hydrogens (tertiary/aromatic N) is 1. The lowest BCUT2D eigenvalue weighted by molar-refractivity contribution is 0.0464. The highest BCUT2D eigenvalue weighted by Crippen LogP contribution is 2.36. The molecular formula is C17H22N2O3. The number of carbonyl (C=O) groups excluding carboxylic acids is 1. The second-order valence-corrected chi connectivity index (χ2v) is 6.56. The predicted octanol–water partition coefficient (Wildman–Crippen LogP) is 2.02. The SMILES string of the molecule is CCC1Oc2ccc(C(=O)N[C@@H]3C[C@H]4CCN(C4)C3)cc2O1. The second-order valence-electron chi connectivity index (χ2n) is 6.56. The van der Waals surface area contributed by atoms with Crippen molar-refractivity contribution >= 4 is 5.91 Å². The molecule has 5 nitrogen and oxygen atoms in total. The fourth-order valence-corrected chi connectivity index (χ4v) is 3.75. The Morgan fingerprint density at radius 2 is 2.18 bits per heavy atom. The summed E-state index contributed by atoms with van der Waals surface area (Å²) in [5.74, 6) is 2.14. The van der Waals surface area contributed by atoms with Crippen LogP contribution in [0.15, 0.2) is 18.2 Å². The maximum atomic E-state index is 12.5. The summed E-state index contributed by atoms with van der Waals surface area (Å²) < 4.78 is 11.3. The fraction of sp³-hybridized carbons (Fsp3) is 0.588. The van der Waals surface area contributed by atoms with E-state index in [0.717, 1.165) is 31.1 Å². The van der Waals surface area contributed by atoms with E-state index in [1.165, 1.54) is 19.5 Å². The quantitative estimate of drug-likeness (QED) is 0.928. The average Bonchev–Trinajstić information content (AvgIpc) is 3.09. The summed E-state index contributed by atoms with van der Waals surface area (Å²) in [4.78, 5) is 14.9. The number of benzene rings is 1. The largest absolute Gasteiger partial charge is 0.451 e. The van der Waals surface area contributed by atoms with E-state index in [0.29, 0.717) is 11.3 Å². The molecule has 2 bridgehead atoms. The molecule has 2 fully saturated rings. The Kier molecular flexibility index (Phi) is 3.45. The van der Waals surface area contributed by atoms with Crippen molar-refractivity contribution in [3.8, 4) is 11.5 Å². The third-order valence-corrected chi connectivity index (χ3v) is 4.86. The highest BCUT2D eigenvalue weighted by Gasteiger charge is 2.33.